The Morgan fingerprint density at radius 2 is 2.21 bits per heavy atom. The van der Waals surface area contributed by atoms with Crippen LogP contribution >= 0.6 is 0 Å². The van der Waals surface area contributed by atoms with Gasteiger partial charge in [0, 0.05) is 18.6 Å². The van der Waals surface area contributed by atoms with E-state index in [0.29, 0.717) is 6.54 Å². The van der Waals surface area contributed by atoms with Crippen molar-refractivity contribution < 1.29 is 9.18 Å². The molecule has 0 aliphatic carbocycles. The predicted octanol–water partition coefficient (Wildman–Crippen LogP) is 2.48. The van der Waals surface area contributed by atoms with E-state index in [1.807, 2.05) is 13.8 Å². The highest BCUT2D eigenvalue weighted by molar-refractivity contribution is 5.94. The van der Waals surface area contributed by atoms with Gasteiger partial charge < -0.3 is 10.6 Å². The summed E-state index contributed by atoms with van der Waals surface area (Å²) in [4.78, 5) is 14.2. The number of amides is 1. The fraction of sp³-hybridized carbons (Fsp3) is 0.533. The fourth-order valence-electron chi connectivity index (χ4n) is 2.70. The maximum atomic E-state index is 13.9. The van der Waals surface area contributed by atoms with Crippen LogP contribution in [0.3, 0.4) is 0 Å². The van der Waals surface area contributed by atoms with Crippen molar-refractivity contribution in [2.24, 2.45) is 5.73 Å². The monoisotopic (exact) mass is 264 g/mol. The third kappa shape index (κ3) is 2.95. The van der Waals surface area contributed by atoms with Crippen molar-refractivity contribution in [3.8, 4) is 0 Å². The van der Waals surface area contributed by atoms with Crippen LogP contribution < -0.4 is 5.73 Å². The maximum absolute atomic E-state index is 13.9. The molecule has 1 aliphatic heterocycles. The number of hydrogen-bond acceptors (Lipinski definition) is 2. The molecule has 0 saturated carbocycles. The SMILES string of the molecule is Cc1ccc(C(=O)N2CCCC[C@H]2[C@@H](C)N)c(F)c1. The van der Waals surface area contributed by atoms with Crippen molar-refractivity contribution in [2.75, 3.05) is 6.54 Å². The molecule has 0 bridgehead atoms. The minimum Gasteiger partial charge on any atom is -0.334 e. The summed E-state index contributed by atoms with van der Waals surface area (Å²) in [6.07, 6.45) is 2.94. The zero-order chi connectivity index (χ0) is 14.0. The van der Waals surface area contributed by atoms with Gasteiger partial charge in [-0.15, -0.1) is 0 Å². The van der Waals surface area contributed by atoms with Crippen molar-refractivity contribution in [3.63, 3.8) is 0 Å². The van der Waals surface area contributed by atoms with Gasteiger partial charge in [0.15, 0.2) is 0 Å². The highest BCUT2D eigenvalue weighted by Crippen LogP contribution is 2.22. The van der Waals surface area contributed by atoms with Crippen LogP contribution in [0.4, 0.5) is 4.39 Å². The molecular formula is C15H21FN2O. The molecule has 0 spiro atoms. The van der Waals surface area contributed by atoms with Gasteiger partial charge in [0.25, 0.3) is 5.91 Å². The molecule has 2 N–H and O–H groups in total. The number of benzene rings is 1. The molecule has 1 amide bonds. The van der Waals surface area contributed by atoms with E-state index in [4.69, 9.17) is 5.73 Å². The minimum atomic E-state index is -0.445. The molecule has 0 aromatic heterocycles. The molecule has 1 heterocycles. The Hall–Kier alpha value is -1.42. The van der Waals surface area contributed by atoms with Crippen LogP contribution in [-0.4, -0.2) is 29.4 Å². The number of hydrogen-bond donors (Lipinski definition) is 1. The van der Waals surface area contributed by atoms with E-state index < -0.39 is 5.82 Å². The lowest BCUT2D eigenvalue weighted by atomic mass is 9.96. The molecular weight excluding hydrogens is 243 g/mol. The third-order valence-corrected chi connectivity index (χ3v) is 3.77. The average Bonchev–Trinajstić information content (AvgIpc) is 2.38. The topological polar surface area (TPSA) is 46.3 Å². The standard InChI is InChI=1S/C15H21FN2O/c1-10-6-7-12(13(16)9-10)15(19)18-8-4-3-5-14(18)11(2)17/h6-7,9,11,14H,3-5,8,17H2,1-2H3/t11-,14+/m1/s1. The molecule has 4 heteroatoms. The van der Waals surface area contributed by atoms with Crippen LogP contribution in [0.1, 0.15) is 42.1 Å². The van der Waals surface area contributed by atoms with E-state index in [9.17, 15) is 9.18 Å². The van der Waals surface area contributed by atoms with E-state index in [2.05, 4.69) is 0 Å². The lowest BCUT2D eigenvalue weighted by Crippen LogP contribution is -2.51. The van der Waals surface area contributed by atoms with Crippen LogP contribution in [0, 0.1) is 12.7 Å². The van der Waals surface area contributed by atoms with E-state index in [1.165, 1.54) is 6.07 Å². The zero-order valence-electron chi connectivity index (χ0n) is 11.5. The Kier molecular flexibility index (Phi) is 4.20. The largest absolute Gasteiger partial charge is 0.334 e. The summed E-state index contributed by atoms with van der Waals surface area (Å²) in [6.45, 7) is 4.38. The number of aryl methyl sites for hydroxylation is 1. The van der Waals surface area contributed by atoms with Gasteiger partial charge >= 0.3 is 0 Å². The summed E-state index contributed by atoms with van der Waals surface area (Å²) < 4.78 is 13.9. The van der Waals surface area contributed by atoms with Gasteiger partial charge in [-0.3, -0.25) is 4.79 Å². The molecule has 2 atom stereocenters. The first-order valence-corrected chi connectivity index (χ1v) is 6.83. The van der Waals surface area contributed by atoms with Crippen molar-refractivity contribution >= 4 is 5.91 Å². The number of likely N-dealkylation sites (tertiary alicyclic amines) is 1. The number of rotatable bonds is 2. The quantitative estimate of drug-likeness (QED) is 0.892. The second-order valence-electron chi connectivity index (χ2n) is 5.40. The lowest BCUT2D eigenvalue weighted by molar-refractivity contribution is 0.0579. The summed E-state index contributed by atoms with van der Waals surface area (Å²) in [5.74, 6) is -0.682. The van der Waals surface area contributed by atoms with Gasteiger partial charge in [0.2, 0.25) is 0 Å². The molecule has 1 saturated heterocycles. The summed E-state index contributed by atoms with van der Waals surface area (Å²) >= 11 is 0. The Labute approximate surface area is 113 Å². The molecule has 19 heavy (non-hydrogen) atoms. The highest BCUT2D eigenvalue weighted by Gasteiger charge is 2.30. The van der Waals surface area contributed by atoms with Gasteiger partial charge in [-0.2, -0.15) is 0 Å². The van der Waals surface area contributed by atoms with E-state index in [-0.39, 0.29) is 23.6 Å². The molecule has 104 valence electrons. The molecule has 2 rings (SSSR count). The second kappa shape index (κ2) is 5.70. The van der Waals surface area contributed by atoms with Crippen LogP contribution in [0.25, 0.3) is 0 Å². The van der Waals surface area contributed by atoms with E-state index in [1.54, 1.807) is 17.0 Å². The zero-order valence-corrected chi connectivity index (χ0v) is 11.5. The lowest BCUT2D eigenvalue weighted by Gasteiger charge is -2.38. The Balaban J connectivity index is 2.26. The highest BCUT2D eigenvalue weighted by atomic mass is 19.1. The normalized spacial score (nSPS) is 21.3. The van der Waals surface area contributed by atoms with Crippen LogP contribution in [0.5, 0.6) is 0 Å². The Morgan fingerprint density at radius 1 is 1.47 bits per heavy atom. The fourth-order valence-corrected chi connectivity index (χ4v) is 2.70. The number of nitrogens with two attached hydrogens (primary N) is 1. The van der Waals surface area contributed by atoms with Crippen LogP contribution in [0.2, 0.25) is 0 Å². The van der Waals surface area contributed by atoms with Gasteiger partial charge in [-0.1, -0.05) is 6.07 Å². The smallest absolute Gasteiger partial charge is 0.257 e. The van der Waals surface area contributed by atoms with Crippen LogP contribution in [0.15, 0.2) is 18.2 Å². The number of carbonyl (C=O) groups excluding carboxylic acids is 1. The number of halogens is 1. The predicted molar refractivity (Wildman–Crippen MR) is 73.5 cm³/mol. The van der Waals surface area contributed by atoms with Gasteiger partial charge in [-0.05, 0) is 50.8 Å². The van der Waals surface area contributed by atoms with E-state index in [0.717, 1.165) is 24.8 Å². The van der Waals surface area contributed by atoms with Crippen LogP contribution in [-0.2, 0) is 0 Å². The molecule has 1 fully saturated rings. The van der Waals surface area contributed by atoms with Gasteiger partial charge in [-0.25, -0.2) is 4.39 Å². The summed E-state index contributed by atoms with van der Waals surface area (Å²) in [5, 5.41) is 0. The average molecular weight is 264 g/mol. The van der Waals surface area contributed by atoms with E-state index >= 15 is 0 Å². The van der Waals surface area contributed by atoms with Crippen molar-refractivity contribution in [2.45, 2.75) is 45.2 Å². The molecule has 1 aromatic carbocycles. The summed E-state index contributed by atoms with van der Waals surface area (Å²) in [6, 6.07) is 4.67. The number of nitrogens with zero attached hydrogens (tertiary/aromatic N) is 1. The first-order chi connectivity index (χ1) is 9.00. The van der Waals surface area contributed by atoms with Crippen molar-refractivity contribution in [3.05, 3.63) is 35.1 Å². The summed E-state index contributed by atoms with van der Waals surface area (Å²) in [5.41, 5.74) is 6.92. The summed E-state index contributed by atoms with van der Waals surface area (Å²) in [7, 11) is 0. The van der Waals surface area contributed by atoms with Crippen molar-refractivity contribution in [1.82, 2.24) is 4.90 Å². The number of carbonyl (C=O) groups is 1. The van der Waals surface area contributed by atoms with Gasteiger partial charge in [0.05, 0.1) is 5.56 Å². The Bertz CT molecular complexity index is 473. The molecule has 1 aromatic rings. The Morgan fingerprint density at radius 3 is 2.84 bits per heavy atom. The molecule has 3 nitrogen and oxygen atoms in total. The van der Waals surface area contributed by atoms with Gasteiger partial charge in [0.1, 0.15) is 5.82 Å². The van der Waals surface area contributed by atoms with Crippen molar-refractivity contribution in [1.29, 1.82) is 0 Å². The molecule has 1 aliphatic rings. The molecule has 0 unspecified atom stereocenters. The first-order valence-electron chi connectivity index (χ1n) is 6.83. The third-order valence-electron chi connectivity index (χ3n) is 3.77. The minimum absolute atomic E-state index is 0.0157. The second-order valence-corrected chi connectivity index (χ2v) is 5.40. The maximum Gasteiger partial charge on any atom is 0.257 e. The number of piperidine rings is 1. The first kappa shape index (κ1) is 14.0. The molecule has 0 radical (unpaired) electrons.